The van der Waals surface area contributed by atoms with Crippen LogP contribution in [0.5, 0.6) is 0 Å². The van der Waals surface area contributed by atoms with Gasteiger partial charge in [0.25, 0.3) is 0 Å². The summed E-state index contributed by atoms with van der Waals surface area (Å²) in [5.74, 6) is -0.764. The molecule has 2 rings (SSSR count). The molecule has 1 spiro atoms. The molecule has 0 bridgehead atoms. The van der Waals surface area contributed by atoms with Crippen molar-refractivity contribution in [2.45, 2.75) is 45.6 Å². The summed E-state index contributed by atoms with van der Waals surface area (Å²) >= 11 is 0. The van der Waals surface area contributed by atoms with Crippen molar-refractivity contribution in [3.63, 3.8) is 0 Å². The van der Waals surface area contributed by atoms with E-state index in [2.05, 4.69) is 0 Å². The number of carbonyl (C=O) groups is 2. The van der Waals surface area contributed by atoms with E-state index in [0.29, 0.717) is 13.0 Å². The summed E-state index contributed by atoms with van der Waals surface area (Å²) in [4.78, 5) is 25.1. The van der Waals surface area contributed by atoms with Crippen LogP contribution in [0, 0.1) is 17.3 Å². The molecule has 1 aliphatic heterocycles. The Bertz CT molecular complexity index is 383. The lowest BCUT2D eigenvalue weighted by Crippen LogP contribution is -2.46. The molecular formula is C14H24N2O3. The number of nitrogens with two attached hydrogens (primary N) is 1. The van der Waals surface area contributed by atoms with Crippen molar-refractivity contribution in [3.8, 4) is 0 Å². The van der Waals surface area contributed by atoms with Gasteiger partial charge in [0.15, 0.2) is 0 Å². The van der Waals surface area contributed by atoms with E-state index in [1.165, 1.54) is 0 Å². The van der Waals surface area contributed by atoms with Gasteiger partial charge in [-0.25, -0.2) is 0 Å². The predicted octanol–water partition coefficient (Wildman–Crippen LogP) is 1.07. The molecule has 0 radical (unpaired) electrons. The van der Waals surface area contributed by atoms with Crippen LogP contribution >= 0.6 is 0 Å². The van der Waals surface area contributed by atoms with Gasteiger partial charge in [0, 0.05) is 13.1 Å². The minimum atomic E-state index is -0.694. The Hall–Kier alpha value is -1.10. The Labute approximate surface area is 114 Å². The van der Waals surface area contributed by atoms with Crippen LogP contribution in [0.15, 0.2) is 0 Å². The lowest BCUT2D eigenvalue weighted by molar-refractivity contribution is -0.141. The number of nitrogens with zero attached hydrogens (tertiary/aromatic N) is 1. The number of carboxylic acid groups (broad SMARTS) is 1. The topological polar surface area (TPSA) is 83.6 Å². The van der Waals surface area contributed by atoms with E-state index in [1.807, 2.05) is 18.7 Å². The van der Waals surface area contributed by atoms with Crippen molar-refractivity contribution >= 4 is 11.9 Å². The van der Waals surface area contributed by atoms with Gasteiger partial charge in [-0.15, -0.1) is 0 Å². The maximum atomic E-state index is 12.2. The Morgan fingerprint density at radius 3 is 2.58 bits per heavy atom. The zero-order valence-electron chi connectivity index (χ0n) is 11.8. The molecule has 1 saturated heterocycles. The van der Waals surface area contributed by atoms with E-state index >= 15 is 0 Å². The molecule has 1 saturated carbocycles. The molecule has 1 heterocycles. The van der Waals surface area contributed by atoms with Gasteiger partial charge >= 0.3 is 5.97 Å². The molecule has 2 aliphatic rings. The largest absolute Gasteiger partial charge is 0.481 e. The molecule has 3 unspecified atom stereocenters. The monoisotopic (exact) mass is 268 g/mol. The molecule has 0 aromatic carbocycles. The Balaban J connectivity index is 1.97. The first-order valence-electron chi connectivity index (χ1n) is 7.12. The first kappa shape index (κ1) is 14.3. The van der Waals surface area contributed by atoms with Crippen molar-refractivity contribution in [1.82, 2.24) is 4.90 Å². The van der Waals surface area contributed by atoms with Crippen molar-refractivity contribution in [2.24, 2.45) is 23.0 Å². The van der Waals surface area contributed by atoms with Crippen LogP contribution < -0.4 is 5.73 Å². The molecule has 3 atom stereocenters. The second kappa shape index (κ2) is 5.12. The van der Waals surface area contributed by atoms with Crippen LogP contribution in [-0.2, 0) is 9.59 Å². The number of amides is 1. The molecule has 5 heteroatoms. The Kier molecular flexibility index (Phi) is 3.85. The molecule has 3 N–H and O–H groups in total. The van der Waals surface area contributed by atoms with Gasteiger partial charge in [-0.2, -0.15) is 0 Å². The van der Waals surface area contributed by atoms with Crippen LogP contribution in [0.25, 0.3) is 0 Å². The molecule has 2 fully saturated rings. The molecular weight excluding hydrogens is 244 g/mol. The van der Waals surface area contributed by atoms with Crippen molar-refractivity contribution in [1.29, 1.82) is 0 Å². The molecule has 19 heavy (non-hydrogen) atoms. The van der Waals surface area contributed by atoms with Gasteiger partial charge in [0.2, 0.25) is 5.91 Å². The van der Waals surface area contributed by atoms with E-state index in [-0.39, 0.29) is 23.2 Å². The highest BCUT2D eigenvalue weighted by atomic mass is 16.4. The van der Waals surface area contributed by atoms with Gasteiger partial charge in [-0.05, 0) is 37.0 Å². The van der Waals surface area contributed by atoms with Crippen LogP contribution in [0.3, 0.4) is 0 Å². The third-order valence-corrected chi connectivity index (χ3v) is 4.81. The summed E-state index contributed by atoms with van der Waals surface area (Å²) < 4.78 is 0. The van der Waals surface area contributed by atoms with Crippen LogP contribution in [0.2, 0.25) is 0 Å². The van der Waals surface area contributed by atoms with E-state index in [1.54, 1.807) is 0 Å². The predicted molar refractivity (Wildman–Crippen MR) is 71.4 cm³/mol. The van der Waals surface area contributed by atoms with E-state index in [4.69, 9.17) is 10.8 Å². The first-order chi connectivity index (χ1) is 8.84. The van der Waals surface area contributed by atoms with E-state index < -0.39 is 12.0 Å². The Morgan fingerprint density at radius 1 is 1.37 bits per heavy atom. The van der Waals surface area contributed by atoms with Gasteiger partial charge in [-0.1, -0.05) is 13.8 Å². The third-order valence-electron chi connectivity index (χ3n) is 4.81. The van der Waals surface area contributed by atoms with E-state index in [9.17, 15) is 9.59 Å². The number of aliphatic carboxylic acids is 1. The minimum absolute atomic E-state index is 0.0191. The smallest absolute Gasteiger partial charge is 0.306 e. The summed E-state index contributed by atoms with van der Waals surface area (Å²) in [6.45, 7) is 5.32. The Morgan fingerprint density at radius 2 is 2.05 bits per heavy atom. The highest BCUT2D eigenvalue weighted by Gasteiger charge is 2.47. The SMILES string of the molecule is CC(C)C(N)C(=O)N1CCC2(CCC(C(=O)O)C2)C1. The fourth-order valence-corrected chi connectivity index (χ4v) is 3.41. The molecule has 0 aromatic heterocycles. The van der Waals surface area contributed by atoms with Crippen LogP contribution in [-0.4, -0.2) is 41.0 Å². The summed E-state index contributed by atoms with van der Waals surface area (Å²) in [5, 5.41) is 9.09. The van der Waals surface area contributed by atoms with E-state index in [0.717, 1.165) is 25.8 Å². The van der Waals surface area contributed by atoms with Gasteiger partial charge in [0.1, 0.15) is 0 Å². The van der Waals surface area contributed by atoms with Crippen molar-refractivity contribution < 1.29 is 14.7 Å². The second-order valence-electron chi connectivity index (χ2n) is 6.56. The summed E-state index contributed by atoms with van der Waals surface area (Å²) in [6.07, 6.45) is 3.30. The highest BCUT2D eigenvalue weighted by molar-refractivity contribution is 5.82. The fourth-order valence-electron chi connectivity index (χ4n) is 3.41. The summed E-state index contributed by atoms with van der Waals surface area (Å²) in [6, 6.07) is -0.438. The molecule has 0 aromatic rings. The lowest BCUT2D eigenvalue weighted by atomic mass is 9.84. The lowest BCUT2D eigenvalue weighted by Gasteiger charge is -2.26. The number of hydrogen-bond donors (Lipinski definition) is 2. The number of carbonyl (C=O) groups excluding carboxylic acids is 1. The molecule has 1 amide bonds. The quantitative estimate of drug-likeness (QED) is 0.802. The van der Waals surface area contributed by atoms with Gasteiger partial charge < -0.3 is 15.7 Å². The number of rotatable bonds is 3. The fraction of sp³-hybridized carbons (Fsp3) is 0.857. The zero-order valence-corrected chi connectivity index (χ0v) is 11.8. The highest BCUT2D eigenvalue weighted by Crippen LogP contribution is 2.48. The first-order valence-corrected chi connectivity index (χ1v) is 7.12. The summed E-state index contributed by atoms with van der Waals surface area (Å²) in [7, 11) is 0. The molecule has 5 nitrogen and oxygen atoms in total. The molecule has 1 aliphatic carbocycles. The maximum absolute atomic E-state index is 12.2. The second-order valence-corrected chi connectivity index (χ2v) is 6.56. The average Bonchev–Trinajstić information content (AvgIpc) is 2.96. The maximum Gasteiger partial charge on any atom is 0.306 e. The molecule has 108 valence electrons. The number of carboxylic acids is 1. The van der Waals surface area contributed by atoms with Crippen LogP contribution in [0.1, 0.15) is 39.5 Å². The summed E-state index contributed by atoms with van der Waals surface area (Å²) in [5.41, 5.74) is 5.95. The standard InChI is InChI=1S/C14H24N2O3/c1-9(2)11(15)12(17)16-6-5-14(8-16)4-3-10(7-14)13(18)19/h9-11H,3-8,15H2,1-2H3,(H,18,19). The number of hydrogen-bond acceptors (Lipinski definition) is 3. The average molecular weight is 268 g/mol. The van der Waals surface area contributed by atoms with Gasteiger partial charge in [0.05, 0.1) is 12.0 Å². The van der Waals surface area contributed by atoms with Gasteiger partial charge in [-0.3, -0.25) is 9.59 Å². The van der Waals surface area contributed by atoms with Crippen LogP contribution in [0.4, 0.5) is 0 Å². The van der Waals surface area contributed by atoms with Crippen molar-refractivity contribution in [3.05, 3.63) is 0 Å². The minimum Gasteiger partial charge on any atom is -0.481 e. The normalized spacial score (nSPS) is 32.2. The number of likely N-dealkylation sites (tertiary alicyclic amines) is 1. The third kappa shape index (κ3) is 2.76. The zero-order chi connectivity index (χ0) is 14.2. The van der Waals surface area contributed by atoms with Crippen molar-refractivity contribution in [2.75, 3.05) is 13.1 Å².